The van der Waals surface area contributed by atoms with Gasteiger partial charge in [0, 0.05) is 5.69 Å². The number of hydrogen-bond donors (Lipinski definition) is 1. The fourth-order valence-corrected chi connectivity index (χ4v) is 1.60. The molecule has 1 rings (SSSR count). The molecule has 1 unspecified atom stereocenters. The minimum absolute atomic E-state index is 0.134. The number of carboxylic acid groups (broad SMARTS) is 1. The van der Waals surface area contributed by atoms with E-state index >= 15 is 0 Å². The summed E-state index contributed by atoms with van der Waals surface area (Å²) in [6.45, 7) is 8.14. The molecule has 1 atom stereocenters. The Balaban J connectivity index is 3.22. The maximum absolute atomic E-state index is 11.0. The standard InChI is InChI=1S/C13H19NO2/c1-5-9(4)11-7-6-10(13(15)16)12(14-11)8(2)3/h6-9H,5H2,1-4H3,(H,15,16). The lowest BCUT2D eigenvalue weighted by Gasteiger charge is -2.14. The average Bonchev–Trinajstić information content (AvgIpc) is 2.26. The third-order valence-corrected chi connectivity index (χ3v) is 2.84. The van der Waals surface area contributed by atoms with Crippen molar-refractivity contribution in [3.05, 3.63) is 29.1 Å². The molecule has 3 heteroatoms. The molecule has 1 aromatic heterocycles. The zero-order valence-electron chi connectivity index (χ0n) is 10.3. The van der Waals surface area contributed by atoms with Crippen molar-refractivity contribution < 1.29 is 9.90 Å². The second-order valence-electron chi connectivity index (χ2n) is 4.44. The van der Waals surface area contributed by atoms with Crippen LogP contribution in [0, 0.1) is 0 Å². The van der Waals surface area contributed by atoms with E-state index in [0.29, 0.717) is 17.2 Å². The number of rotatable bonds is 4. The molecule has 0 aromatic carbocycles. The molecule has 1 aromatic rings. The van der Waals surface area contributed by atoms with Crippen LogP contribution in [-0.2, 0) is 0 Å². The van der Waals surface area contributed by atoms with Crippen LogP contribution in [0.3, 0.4) is 0 Å². The van der Waals surface area contributed by atoms with Crippen LogP contribution in [0.1, 0.15) is 67.7 Å². The Morgan fingerprint density at radius 3 is 2.44 bits per heavy atom. The molecule has 0 bridgehead atoms. The summed E-state index contributed by atoms with van der Waals surface area (Å²) in [5, 5.41) is 9.06. The van der Waals surface area contributed by atoms with Crippen LogP contribution in [0.5, 0.6) is 0 Å². The van der Waals surface area contributed by atoms with Crippen molar-refractivity contribution in [1.82, 2.24) is 4.98 Å². The first kappa shape index (κ1) is 12.7. The molecule has 0 spiro atoms. The molecule has 0 saturated heterocycles. The Labute approximate surface area is 96.5 Å². The van der Waals surface area contributed by atoms with Gasteiger partial charge in [-0.05, 0) is 30.4 Å². The van der Waals surface area contributed by atoms with Gasteiger partial charge < -0.3 is 5.11 Å². The maximum Gasteiger partial charge on any atom is 0.337 e. The molecule has 1 N–H and O–H groups in total. The molecular weight excluding hydrogens is 202 g/mol. The zero-order valence-corrected chi connectivity index (χ0v) is 10.3. The summed E-state index contributed by atoms with van der Waals surface area (Å²) < 4.78 is 0. The molecule has 0 radical (unpaired) electrons. The van der Waals surface area contributed by atoms with Crippen LogP contribution >= 0.6 is 0 Å². The Kier molecular flexibility index (Phi) is 4.05. The zero-order chi connectivity index (χ0) is 12.3. The topological polar surface area (TPSA) is 50.2 Å². The smallest absolute Gasteiger partial charge is 0.337 e. The predicted octanol–water partition coefficient (Wildman–Crippen LogP) is 3.42. The predicted molar refractivity (Wildman–Crippen MR) is 64.0 cm³/mol. The number of aromatic nitrogens is 1. The van der Waals surface area contributed by atoms with Crippen LogP contribution in [-0.4, -0.2) is 16.1 Å². The number of carboxylic acids is 1. The highest BCUT2D eigenvalue weighted by atomic mass is 16.4. The fourth-order valence-electron chi connectivity index (χ4n) is 1.60. The van der Waals surface area contributed by atoms with Gasteiger partial charge in [-0.15, -0.1) is 0 Å². The Hall–Kier alpha value is -1.38. The van der Waals surface area contributed by atoms with Gasteiger partial charge in [-0.1, -0.05) is 27.7 Å². The lowest BCUT2D eigenvalue weighted by Crippen LogP contribution is -2.09. The van der Waals surface area contributed by atoms with Gasteiger partial charge in [0.2, 0.25) is 0 Å². The third kappa shape index (κ3) is 2.60. The fraction of sp³-hybridized carbons (Fsp3) is 0.538. The Morgan fingerprint density at radius 1 is 1.38 bits per heavy atom. The normalized spacial score (nSPS) is 12.8. The second kappa shape index (κ2) is 5.10. The number of carbonyl (C=O) groups is 1. The number of hydrogen-bond acceptors (Lipinski definition) is 2. The van der Waals surface area contributed by atoms with Crippen molar-refractivity contribution in [2.45, 2.75) is 46.0 Å². The number of pyridine rings is 1. The van der Waals surface area contributed by atoms with Crippen molar-refractivity contribution in [2.24, 2.45) is 0 Å². The lowest BCUT2D eigenvalue weighted by atomic mass is 9.99. The summed E-state index contributed by atoms with van der Waals surface area (Å²) >= 11 is 0. The lowest BCUT2D eigenvalue weighted by molar-refractivity contribution is 0.0694. The van der Waals surface area contributed by atoms with Gasteiger partial charge in [0.15, 0.2) is 0 Å². The van der Waals surface area contributed by atoms with E-state index in [1.807, 2.05) is 19.9 Å². The number of aromatic carboxylic acids is 1. The van der Waals surface area contributed by atoms with Crippen LogP contribution in [0.2, 0.25) is 0 Å². The largest absolute Gasteiger partial charge is 0.478 e. The first-order valence-electron chi connectivity index (χ1n) is 5.71. The second-order valence-corrected chi connectivity index (χ2v) is 4.44. The molecule has 3 nitrogen and oxygen atoms in total. The molecule has 0 saturated carbocycles. The molecule has 16 heavy (non-hydrogen) atoms. The van der Waals surface area contributed by atoms with Crippen molar-refractivity contribution in [1.29, 1.82) is 0 Å². The molecule has 88 valence electrons. The van der Waals surface area contributed by atoms with Crippen molar-refractivity contribution in [3.8, 4) is 0 Å². The summed E-state index contributed by atoms with van der Waals surface area (Å²) in [7, 11) is 0. The van der Waals surface area contributed by atoms with Crippen LogP contribution in [0.4, 0.5) is 0 Å². The third-order valence-electron chi connectivity index (χ3n) is 2.84. The van der Waals surface area contributed by atoms with E-state index in [2.05, 4.69) is 18.8 Å². The van der Waals surface area contributed by atoms with Crippen LogP contribution in [0.25, 0.3) is 0 Å². The monoisotopic (exact) mass is 221 g/mol. The van der Waals surface area contributed by atoms with Crippen molar-refractivity contribution in [2.75, 3.05) is 0 Å². The molecule has 1 heterocycles. The van der Waals surface area contributed by atoms with E-state index < -0.39 is 5.97 Å². The van der Waals surface area contributed by atoms with Gasteiger partial charge in [-0.25, -0.2) is 4.79 Å². The van der Waals surface area contributed by atoms with Gasteiger partial charge in [-0.3, -0.25) is 4.98 Å². The van der Waals surface area contributed by atoms with Crippen molar-refractivity contribution >= 4 is 5.97 Å². The molecular formula is C13H19NO2. The van der Waals surface area contributed by atoms with Crippen LogP contribution < -0.4 is 0 Å². The summed E-state index contributed by atoms with van der Waals surface area (Å²) in [5.74, 6) is -0.387. The first-order chi connectivity index (χ1) is 7.47. The van der Waals surface area contributed by atoms with E-state index in [4.69, 9.17) is 5.11 Å². The van der Waals surface area contributed by atoms with E-state index in [-0.39, 0.29) is 5.92 Å². The van der Waals surface area contributed by atoms with E-state index in [1.165, 1.54) is 0 Å². The highest BCUT2D eigenvalue weighted by Crippen LogP contribution is 2.22. The summed E-state index contributed by atoms with van der Waals surface area (Å²) in [6.07, 6.45) is 1.01. The van der Waals surface area contributed by atoms with E-state index in [1.54, 1.807) is 6.07 Å². The summed E-state index contributed by atoms with van der Waals surface area (Å²) in [5.41, 5.74) is 1.99. The molecule has 0 aliphatic heterocycles. The molecule has 0 aliphatic rings. The Bertz CT molecular complexity index is 386. The average molecular weight is 221 g/mol. The summed E-state index contributed by atoms with van der Waals surface area (Å²) in [4.78, 5) is 15.5. The van der Waals surface area contributed by atoms with Gasteiger partial charge in [-0.2, -0.15) is 0 Å². The van der Waals surface area contributed by atoms with Gasteiger partial charge in [0.1, 0.15) is 0 Å². The molecule has 0 fully saturated rings. The minimum Gasteiger partial charge on any atom is -0.478 e. The summed E-state index contributed by atoms with van der Waals surface area (Å²) in [6, 6.07) is 3.50. The van der Waals surface area contributed by atoms with Crippen LogP contribution in [0.15, 0.2) is 12.1 Å². The van der Waals surface area contributed by atoms with Gasteiger partial charge >= 0.3 is 5.97 Å². The van der Waals surface area contributed by atoms with E-state index in [0.717, 1.165) is 12.1 Å². The Morgan fingerprint density at radius 2 is 2.00 bits per heavy atom. The number of nitrogens with zero attached hydrogens (tertiary/aromatic N) is 1. The molecule has 0 aliphatic carbocycles. The van der Waals surface area contributed by atoms with Gasteiger partial charge in [0.05, 0.1) is 11.3 Å². The minimum atomic E-state index is -0.896. The van der Waals surface area contributed by atoms with Gasteiger partial charge in [0.25, 0.3) is 0 Å². The van der Waals surface area contributed by atoms with Crippen molar-refractivity contribution in [3.63, 3.8) is 0 Å². The highest BCUT2D eigenvalue weighted by molar-refractivity contribution is 5.89. The molecule has 0 amide bonds. The quantitative estimate of drug-likeness (QED) is 0.847. The van der Waals surface area contributed by atoms with E-state index in [9.17, 15) is 4.79 Å². The maximum atomic E-state index is 11.0. The highest BCUT2D eigenvalue weighted by Gasteiger charge is 2.16. The first-order valence-corrected chi connectivity index (χ1v) is 5.71. The SMILES string of the molecule is CCC(C)c1ccc(C(=O)O)c(C(C)C)n1.